The lowest BCUT2D eigenvalue weighted by Gasteiger charge is -2.27. The Balaban J connectivity index is 3.56. The van der Waals surface area contributed by atoms with Crippen LogP contribution in [0.3, 0.4) is 0 Å². The molecule has 0 saturated heterocycles. The predicted molar refractivity (Wildman–Crippen MR) is 90.0 cm³/mol. The molecule has 6 heteroatoms. The van der Waals surface area contributed by atoms with E-state index in [1.807, 2.05) is 21.0 Å². The van der Waals surface area contributed by atoms with E-state index >= 15 is 0 Å². The van der Waals surface area contributed by atoms with Gasteiger partial charge in [0, 0.05) is 19.4 Å². The van der Waals surface area contributed by atoms with Crippen LogP contribution in [-0.4, -0.2) is 61.4 Å². The molecule has 2 N–H and O–H groups in total. The standard InChI is InChI=1S/C17H33FN2O3/c1-4-9-15(18)10-6-5-7-11-16(21)19-12-8-13-20(2,3)14-17(22)23/h15H,4-14H2,1-3H3,(H-,19,21,22,23)/p+1. The molecule has 0 saturated carbocycles. The summed E-state index contributed by atoms with van der Waals surface area (Å²) in [7, 11) is 3.74. The Kier molecular flexibility index (Phi) is 11.7. The predicted octanol–water partition coefficient (Wildman–Crippen LogP) is 2.74. The molecule has 1 atom stereocenters. The molecule has 0 fully saturated rings. The van der Waals surface area contributed by atoms with Crippen LogP contribution in [0.15, 0.2) is 0 Å². The number of nitrogens with one attached hydrogen (secondary N) is 1. The number of nitrogens with zero attached hydrogens (tertiary/aromatic N) is 1. The molecule has 0 bridgehead atoms. The van der Waals surface area contributed by atoms with Crippen molar-refractivity contribution in [3.63, 3.8) is 0 Å². The maximum atomic E-state index is 13.3. The first-order chi connectivity index (χ1) is 10.8. The van der Waals surface area contributed by atoms with E-state index in [0.29, 0.717) is 36.8 Å². The van der Waals surface area contributed by atoms with Crippen molar-refractivity contribution in [2.75, 3.05) is 33.7 Å². The number of carbonyl (C=O) groups excluding carboxylic acids is 1. The van der Waals surface area contributed by atoms with Crippen molar-refractivity contribution in [3.05, 3.63) is 0 Å². The van der Waals surface area contributed by atoms with Crippen LogP contribution in [0.25, 0.3) is 0 Å². The van der Waals surface area contributed by atoms with Gasteiger partial charge in [-0.1, -0.05) is 26.2 Å². The van der Waals surface area contributed by atoms with Crippen molar-refractivity contribution < 1.29 is 23.6 Å². The minimum Gasteiger partial charge on any atom is -0.477 e. The van der Waals surface area contributed by atoms with Crippen molar-refractivity contribution >= 4 is 11.9 Å². The Morgan fingerprint density at radius 2 is 1.83 bits per heavy atom. The summed E-state index contributed by atoms with van der Waals surface area (Å²) in [6.45, 7) is 3.35. The number of hydrogen-bond acceptors (Lipinski definition) is 2. The fourth-order valence-corrected chi connectivity index (χ4v) is 2.55. The normalized spacial score (nSPS) is 12.9. The van der Waals surface area contributed by atoms with E-state index in [2.05, 4.69) is 5.32 Å². The van der Waals surface area contributed by atoms with E-state index in [1.54, 1.807) is 0 Å². The summed E-state index contributed by atoms with van der Waals surface area (Å²) in [6, 6.07) is 0. The van der Waals surface area contributed by atoms with E-state index < -0.39 is 12.1 Å². The molecule has 0 spiro atoms. The summed E-state index contributed by atoms with van der Waals surface area (Å²) in [6.07, 6.45) is 5.20. The SMILES string of the molecule is CCCC(F)CCCCCC(=O)NCCC[N+](C)(C)CC(=O)O. The van der Waals surface area contributed by atoms with Crippen molar-refractivity contribution in [2.45, 2.75) is 64.5 Å². The van der Waals surface area contributed by atoms with Gasteiger partial charge in [0.2, 0.25) is 5.91 Å². The van der Waals surface area contributed by atoms with Crippen LogP contribution in [-0.2, 0) is 9.59 Å². The summed E-state index contributed by atoms with van der Waals surface area (Å²) in [5.41, 5.74) is 0. The molecule has 0 heterocycles. The topological polar surface area (TPSA) is 66.4 Å². The maximum Gasteiger partial charge on any atom is 0.359 e. The molecule has 0 aromatic carbocycles. The summed E-state index contributed by atoms with van der Waals surface area (Å²) in [5.74, 6) is -0.785. The zero-order valence-electron chi connectivity index (χ0n) is 14.9. The Morgan fingerprint density at radius 3 is 2.43 bits per heavy atom. The van der Waals surface area contributed by atoms with Crippen LogP contribution in [0.2, 0.25) is 0 Å². The van der Waals surface area contributed by atoms with Gasteiger partial charge in [0.15, 0.2) is 6.54 Å². The molecule has 136 valence electrons. The van der Waals surface area contributed by atoms with Gasteiger partial charge in [0.25, 0.3) is 0 Å². The van der Waals surface area contributed by atoms with E-state index in [1.165, 1.54) is 0 Å². The monoisotopic (exact) mass is 333 g/mol. The van der Waals surface area contributed by atoms with Gasteiger partial charge in [0.05, 0.1) is 20.6 Å². The third-order valence-electron chi connectivity index (χ3n) is 3.85. The Morgan fingerprint density at radius 1 is 1.13 bits per heavy atom. The average molecular weight is 333 g/mol. The van der Waals surface area contributed by atoms with Gasteiger partial charge < -0.3 is 14.9 Å². The van der Waals surface area contributed by atoms with Gasteiger partial charge in [-0.3, -0.25) is 4.79 Å². The summed E-state index contributed by atoms with van der Waals surface area (Å²) < 4.78 is 13.7. The molecule has 0 aliphatic carbocycles. The van der Waals surface area contributed by atoms with Crippen LogP contribution in [0.1, 0.15) is 58.3 Å². The van der Waals surface area contributed by atoms with E-state index in [4.69, 9.17) is 5.11 Å². The van der Waals surface area contributed by atoms with Gasteiger partial charge in [-0.15, -0.1) is 0 Å². The first-order valence-electron chi connectivity index (χ1n) is 8.71. The second-order valence-electron chi connectivity index (χ2n) is 6.90. The van der Waals surface area contributed by atoms with Gasteiger partial charge in [-0.05, 0) is 19.3 Å². The fraction of sp³-hybridized carbons (Fsp3) is 0.882. The second kappa shape index (κ2) is 12.3. The van der Waals surface area contributed by atoms with Crippen LogP contribution in [0.5, 0.6) is 0 Å². The highest BCUT2D eigenvalue weighted by Gasteiger charge is 2.18. The highest BCUT2D eigenvalue weighted by Crippen LogP contribution is 2.12. The lowest BCUT2D eigenvalue weighted by Crippen LogP contribution is -2.45. The molecular weight excluding hydrogens is 299 g/mol. The Labute approximate surface area is 139 Å². The molecule has 0 aromatic heterocycles. The lowest BCUT2D eigenvalue weighted by atomic mass is 10.1. The molecule has 0 aliphatic rings. The quantitative estimate of drug-likeness (QED) is 0.379. The number of halogens is 1. The van der Waals surface area contributed by atoms with Gasteiger partial charge >= 0.3 is 5.97 Å². The van der Waals surface area contributed by atoms with E-state index in [9.17, 15) is 14.0 Å². The Hall–Kier alpha value is -1.17. The molecule has 23 heavy (non-hydrogen) atoms. The number of carbonyl (C=O) groups is 2. The molecule has 0 aromatic rings. The van der Waals surface area contributed by atoms with Crippen molar-refractivity contribution in [3.8, 4) is 0 Å². The smallest absolute Gasteiger partial charge is 0.359 e. The number of hydrogen-bond donors (Lipinski definition) is 2. The summed E-state index contributed by atoms with van der Waals surface area (Å²) >= 11 is 0. The number of carboxylic acid groups (broad SMARTS) is 1. The number of amides is 1. The number of unbranched alkanes of at least 4 members (excludes halogenated alkanes) is 2. The van der Waals surface area contributed by atoms with Crippen LogP contribution < -0.4 is 5.32 Å². The van der Waals surface area contributed by atoms with Gasteiger partial charge in [-0.2, -0.15) is 0 Å². The number of carboxylic acids is 1. The van der Waals surface area contributed by atoms with Crippen molar-refractivity contribution in [1.82, 2.24) is 5.32 Å². The fourth-order valence-electron chi connectivity index (χ4n) is 2.55. The number of likely N-dealkylation sites (N-methyl/N-ethyl adjacent to an activating group) is 1. The number of aliphatic carboxylic acids is 1. The van der Waals surface area contributed by atoms with Gasteiger partial charge in [0.1, 0.15) is 6.17 Å². The molecule has 1 amide bonds. The van der Waals surface area contributed by atoms with Crippen LogP contribution in [0, 0.1) is 0 Å². The number of alkyl halides is 1. The zero-order valence-corrected chi connectivity index (χ0v) is 14.9. The summed E-state index contributed by atoms with van der Waals surface area (Å²) in [4.78, 5) is 22.4. The molecular formula is C17H34FN2O3+. The molecule has 0 radical (unpaired) electrons. The van der Waals surface area contributed by atoms with E-state index in [-0.39, 0.29) is 12.5 Å². The second-order valence-corrected chi connectivity index (χ2v) is 6.90. The van der Waals surface area contributed by atoms with Gasteiger partial charge in [-0.25, -0.2) is 9.18 Å². The number of quaternary nitrogens is 1. The molecule has 0 aliphatic heterocycles. The highest BCUT2D eigenvalue weighted by molar-refractivity contribution is 5.75. The van der Waals surface area contributed by atoms with Crippen molar-refractivity contribution in [1.29, 1.82) is 0 Å². The Bertz CT molecular complexity index is 349. The highest BCUT2D eigenvalue weighted by atomic mass is 19.1. The number of rotatable bonds is 14. The molecule has 5 nitrogen and oxygen atoms in total. The largest absolute Gasteiger partial charge is 0.477 e. The molecule has 0 rings (SSSR count). The van der Waals surface area contributed by atoms with Crippen molar-refractivity contribution in [2.24, 2.45) is 0 Å². The van der Waals surface area contributed by atoms with Crippen LogP contribution >= 0.6 is 0 Å². The summed E-state index contributed by atoms with van der Waals surface area (Å²) in [5, 5.41) is 11.6. The average Bonchev–Trinajstić information content (AvgIpc) is 2.42. The third kappa shape index (κ3) is 14.2. The minimum absolute atomic E-state index is 0.0268. The zero-order chi connectivity index (χ0) is 17.7. The lowest BCUT2D eigenvalue weighted by molar-refractivity contribution is -0.883. The van der Waals surface area contributed by atoms with Crippen LogP contribution in [0.4, 0.5) is 4.39 Å². The first-order valence-corrected chi connectivity index (χ1v) is 8.71. The first kappa shape index (κ1) is 21.8. The van der Waals surface area contributed by atoms with E-state index in [0.717, 1.165) is 32.1 Å². The molecule has 1 unspecified atom stereocenters. The minimum atomic E-state index is -0.812. The maximum absolute atomic E-state index is 13.3. The third-order valence-corrected chi connectivity index (χ3v) is 3.85.